The van der Waals surface area contributed by atoms with Crippen molar-refractivity contribution in [2.45, 2.75) is 49.9 Å². The number of phenols is 1. The summed E-state index contributed by atoms with van der Waals surface area (Å²) in [6.07, 6.45) is 4.58. The topological polar surface area (TPSA) is 153 Å². The lowest BCUT2D eigenvalue weighted by atomic mass is 9.98. The number of carbonyl (C=O) groups excluding carboxylic acids is 4. The quantitative estimate of drug-likeness (QED) is 0.308. The van der Waals surface area contributed by atoms with Crippen LogP contribution in [0, 0.1) is 0 Å². The Balaban J connectivity index is 0.850. The lowest BCUT2D eigenvalue weighted by molar-refractivity contribution is -0.136. The van der Waals surface area contributed by atoms with Crippen molar-refractivity contribution in [3.05, 3.63) is 70.9 Å². The normalized spacial score (nSPS) is 26.1. The fourth-order valence-corrected chi connectivity index (χ4v) is 8.38. The average Bonchev–Trinajstić information content (AvgIpc) is 3.39. The Morgan fingerprint density at radius 2 is 1.76 bits per heavy atom. The van der Waals surface area contributed by atoms with Crippen molar-refractivity contribution in [2.24, 2.45) is 4.99 Å². The zero-order chi connectivity index (χ0) is 34.5. The van der Waals surface area contributed by atoms with Gasteiger partial charge in [0.2, 0.25) is 11.8 Å². The van der Waals surface area contributed by atoms with E-state index in [0.29, 0.717) is 35.4 Å². The number of para-hydroxylation sites is 1. The molecule has 0 radical (unpaired) electrons. The van der Waals surface area contributed by atoms with Gasteiger partial charge in [-0.2, -0.15) is 0 Å². The van der Waals surface area contributed by atoms with Crippen LogP contribution in [-0.4, -0.2) is 132 Å². The first kappa shape index (κ1) is 32.4. The predicted octanol–water partition coefficient (Wildman–Crippen LogP) is 0.825. The summed E-state index contributed by atoms with van der Waals surface area (Å²) >= 11 is 0. The van der Waals surface area contributed by atoms with Crippen LogP contribution in [-0.2, 0) is 9.59 Å². The number of benzene rings is 2. The van der Waals surface area contributed by atoms with Gasteiger partial charge >= 0.3 is 0 Å². The van der Waals surface area contributed by atoms with Crippen molar-refractivity contribution in [3.63, 3.8) is 0 Å². The molecule has 2 unspecified atom stereocenters. The molecule has 2 aromatic rings. The van der Waals surface area contributed by atoms with E-state index in [4.69, 9.17) is 4.99 Å². The van der Waals surface area contributed by atoms with E-state index < -0.39 is 23.8 Å². The van der Waals surface area contributed by atoms with Crippen molar-refractivity contribution >= 4 is 35.2 Å². The van der Waals surface area contributed by atoms with Gasteiger partial charge < -0.3 is 25.2 Å². The van der Waals surface area contributed by atoms with Crippen LogP contribution in [0.5, 0.6) is 5.75 Å². The third-order valence-corrected chi connectivity index (χ3v) is 11.2. The molecule has 4 amide bonds. The minimum absolute atomic E-state index is 0.0929. The highest BCUT2D eigenvalue weighted by atomic mass is 16.3. The Hall–Kier alpha value is -4.79. The number of hydrazine groups is 1. The van der Waals surface area contributed by atoms with Gasteiger partial charge in [0.05, 0.1) is 41.1 Å². The average molecular weight is 682 g/mol. The number of piperidine rings is 2. The van der Waals surface area contributed by atoms with E-state index in [-0.39, 0.29) is 30.5 Å². The summed E-state index contributed by atoms with van der Waals surface area (Å²) in [5.74, 6) is -0.825. The fourth-order valence-electron chi connectivity index (χ4n) is 8.38. The van der Waals surface area contributed by atoms with E-state index in [9.17, 15) is 24.3 Å². The van der Waals surface area contributed by atoms with Crippen LogP contribution in [0.25, 0.3) is 0 Å². The Labute approximate surface area is 290 Å². The van der Waals surface area contributed by atoms with Crippen molar-refractivity contribution in [2.75, 3.05) is 64.3 Å². The molecule has 0 bridgehead atoms. The minimum atomic E-state index is -0.980. The third-order valence-electron chi connectivity index (χ3n) is 11.2. The molecule has 14 nitrogen and oxygen atoms in total. The Kier molecular flexibility index (Phi) is 8.53. The molecule has 50 heavy (non-hydrogen) atoms. The highest BCUT2D eigenvalue weighted by Gasteiger charge is 2.46. The number of amidine groups is 1. The summed E-state index contributed by atoms with van der Waals surface area (Å²) in [6, 6.07) is 12.4. The van der Waals surface area contributed by atoms with E-state index in [2.05, 4.69) is 36.9 Å². The van der Waals surface area contributed by atoms with Crippen LogP contribution in [0.4, 0.5) is 5.69 Å². The number of aliphatic imine (C=N–C) groups is 1. The number of carbonyl (C=O) groups is 4. The number of likely N-dealkylation sites (tertiary alicyclic amines) is 1. The number of fused-ring (bicyclic) bond motifs is 4. The zero-order valence-corrected chi connectivity index (χ0v) is 28.2. The maximum absolute atomic E-state index is 13.6. The van der Waals surface area contributed by atoms with Gasteiger partial charge in [-0.15, -0.1) is 0 Å². The van der Waals surface area contributed by atoms with E-state index in [0.717, 1.165) is 80.7 Å². The number of hydrogen-bond donors (Lipinski definition) is 4. The van der Waals surface area contributed by atoms with Gasteiger partial charge in [0, 0.05) is 57.8 Å². The summed E-state index contributed by atoms with van der Waals surface area (Å²) < 4.78 is 0. The van der Waals surface area contributed by atoms with Crippen molar-refractivity contribution in [1.29, 1.82) is 0 Å². The number of rotatable bonds is 7. The molecule has 6 aliphatic heterocycles. The molecule has 0 spiro atoms. The first-order chi connectivity index (χ1) is 24.3. The number of phenolic OH excluding ortho intramolecular Hbond substituents is 1. The summed E-state index contributed by atoms with van der Waals surface area (Å²) in [4.78, 5) is 66.5. The van der Waals surface area contributed by atoms with Crippen molar-refractivity contribution in [3.8, 4) is 5.75 Å². The molecule has 3 fully saturated rings. The van der Waals surface area contributed by atoms with Crippen LogP contribution in [0.3, 0.4) is 0 Å². The number of likely N-dealkylation sites (N-methyl/N-ethyl adjacent to an activating group) is 1. The number of piperazine rings is 1. The molecule has 0 aliphatic carbocycles. The predicted molar refractivity (Wildman–Crippen MR) is 185 cm³/mol. The maximum Gasteiger partial charge on any atom is 0.264 e. The van der Waals surface area contributed by atoms with Crippen LogP contribution in [0.2, 0.25) is 0 Å². The number of anilines is 1. The smallest absolute Gasteiger partial charge is 0.264 e. The number of imide groups is 2. The molecule has 3 saturated heterocycles. The van der Waals surface area contributed by atoms with Crippen molar-refractivity contribution < 1.29 is 24.3 Å². The zero-order valence-electron chi connectivity index (χ0n) is 28.2. The van der Waals surface area contributed by atoms with Crippen LogP contribution < -0.4 is 21.1 Å². The van der Waals surface area contributed by atoms with E-state index in [1.54, 1.807) is 18.2 Å². The number of aromatic hydroxyl groups is 1. The molecule has 0 saturated carbocycles. The molecule has 6 aliphatic rings. The SMILES string of the molecule is CN(CCN1CCC(N2CCN3C4=CC(c5ccccc5O)NNC4=NC[C@H]3C2)CC1)c1cccc2c1C(=O)N(C1CCC(=O)NC1=O)C2=O. The van der Waals surface area contributed by atoms with Gasteiger partial charge in [0.15, 0.2) is 5.84 Å². The largest absolute Gasteiger partial charge is 0.508 e. The molecular weight excluding hydrogens is 638 g/mol. The maximum atomic E-state index is 13.6. The second-order valence-corrected chi connectivity index (χ2v) is 14.0. The number of nitrogens with one attached hydrogen (secondary N) is 3. The summed E-state index contributed by atoms with van der Waals surface area (Å²) in [7, 11) is 1.93. The Morgan fingerprint density at radius 1 is 0.940 bits per heavy atom. The molecule has 14 heteroatoms. The monoisotopic (exact) mass is 681 g/mol. The lowest BCUT2D eigenvalue weighted by Gasteiger charge is -2.50. The van der Waals surface area contributed by atoms with Crippen LogP contribution in [0.15, 0.2) is 59.2 Å². The summed E-state index contributed by atoms with van der Waals surface area (Å²) in [5.41, 5.74) is 9.78. The van der Waals surface area contributed by atoms with Gasteiger partial charge in [-0.1, -0.05) is 24.3 Å². The standard InChI is InChI=1S/C36H43N9O5/c1-41(27-7-4-6-25-32(27)36(50)45(35(25)49)28-9-10-31(47)38-34(28)48)15-16-42-13-11-22(12-14-42)43-17-18-44-23(21-43)20-37-33-29(44)19-26(39-40-33)24-5-2-3-8-30(24)46/h2-8,19,22-23,26,28,39,46H,9-18,20-21H2,1H3,(H,37,40)(H,38,47,48)/t23-,26?,28?/m0/s1. The first-order valence-electron chi connectivity index (χ1n) is 17.6. The summed E-state index contributed by atoms with van der Waals surface area (Å²) in [5, 5.41) is 12.7. The van der Waals surface area contributed by atoms with Crippen LogP contribution in [0.1, 0.15) is 58.0 Å². The van der Waals surface area contributed by atoms with Gasteiger partial charge in [0.25, 0.3) is 11.8 Å². The Morgan fingerprint density at radius 3 is 2.56 bits per heavy atom. The lowest BCUT2D eigenvalue weighted by Crippen LogP contribution is -2.62. The van der Waals surface area contributed by atoms with Crippen LogP contribution >= 0.6 is 0 Å². The molecule has 3 atom stereocenters. The molecule has 8 rings (SSSR count). The van der Waals surface area contributed by atoms with Gasteiger partial charge in [-0.25, -0.2) is 5.43 Å². The number of nitrogens with zero attached hydrogens (tertiary/aromatic N) is 6. The molecule has 6 heterocycles. The van der Waals surface area contributed by atoms with Gasteiger partial charge in [-0.3, -0.25) is 39.3 Å². The van der Waals surface area contributed by atoms with Gasteiger partial charge in [0.1, 0.15) is 11.8 Å². The fraction of sp³-hybridized carbons (Fsp3) is 0.472. The molecule has 2 aromatic carbocycles. The van der Waals surface area contributed by atoms with Gasteiger partial charge in [-0.05, 0) is 56.6 Å². The van der Waals surface area contributed by atoms with E-state index in [1.807, 2.05) is 36.2 Å². The second kappa shape index (κ2) is 13.2. The number of hydrogen-bond acceptors (Lipinski definition) is 12. The van der Waals surface area contributed by atoms with E-state index >= 15 is 0 Å². The molecular formula is C36H43N9O5. The molecule has 4 N–H and O–H groups in total. The first-order valence-corrected chi connectivity index (χ1v) is 17.6. The highest BCUT2D eigenvalue weighted by molar-refractivity contribution is 6.25. The number of amides is 4. The van der Waals surface area contributed by atoms with Crippen molar-refractivity contribution in [1.82, 2.24) is 35.8 Å². The second-order valence-electron chi connectivity index (χ2n) is 14.0. The minimum Gasteiger partial charge on any atom is -0.508 e. The third kappa shape index (κ3) is 5.80. The molecule has 262 valence electrons. The highest BCUT2D eigenvalue weighted by Crippen LogP contribution is 2.35. The Bertz CT molecular complexity index is 1790. The summed E-state index contributed by atoms with van der Waals surface area (Å²) in [6.45, 7) is 7.12. The molecule has 0 aromatic heterocycles. The van der Waals surface area contributed by atoms with E-state index in [1.165, 1.54) is 0 Å².